The number of H-pyrrole nitrogens is 1. The van der Waals surface area contributed by atoms with Gasteiger partial charge in [-0.3, -0.25) is 14.6 Å². The van der Waals surface area contributed by atoms with Crippen LogP contribution in [0.2, 0.25) is 0 Å². The number of rotatable bonds is 6. The molecule has 0 spiro atoms. The van der Waals surface area contributed by atoms with Crippen molar-refractivity contribution in [3.8, 4) is 22.6 Å². The monoisotopic (exact) mass is 500 g/mol. The molecule has 2 bridgehead atoms. The van der Waals surface area contributed by atoms with Crippen molar-refractivity contribution in [1.82, 2.24) is 34.4 Å². The molecule has 190 valence electrons. The number of carbonyl (C=O) groups is 2. The van der Waals surface area contributed by atoms with E-state index in [0.29, 0.717) is 22.7 Å². The molecule has 4 aromatic heterocycles. The number of piperidine rings is 1. The molecule has 11 heteroatoms. The number of imidazole rings is 1. The minimum Gasteiger partial charge on any atom is -0.383 e. The van der Waals surface area contributed by atoms with Crippen LogP contribution in [0.5, 0.6) is 0 Å². The zero-order chi connectivity index (χ0) is 25.7. The van der Waals surface area contributed by atoms with Crippen LogP contribution in [0.1, 0.15) is 54.6 Å². The summed E-state index contributed by atoms with van der Waals surface area (Å²) < 4.78 is 6.63. The lowest BCUT2D eigenvalue weighted by molar-refractivity contribution is -0.139. The van der Waals surface area contributed by atoms with Crippen LogP contribution in [0, 0.1) is 0 Å². The summed E-state index contributed by atoms with van der Waals surface area (Å²) in [5, 5.41) is 4.46. The van der Waals surface area contributed by atoms with Gasteiger partial charge in [0.05, 0.1) is 17.5 Å². The van der Waals surface area contributed by atoms with E-state index in [0.717, 1.165) is 42.5 Å². The Bertz CT molecular complexity index is 1460. The van der Waals surface area contributed by atoms with Gasteiger partial charge in [-0.15, -0.1) is 0 Å². The molecule has 2 aliphatic heterocycles. The normalized spacial score (nSPS) is 21.0. The summed E-state index contributed by atoms with van der Waals surface area (Å²) in [6, 6.07) is 4.04. The van der Waals surface area contributed by atoms with Crippen LogP contribution in [-0.2, 0) is 9.53 Å². The lowest BCUT2D eigenvalue weighted by atomic mass is 9.85. The Morgan fingerprint density at radius 1 is 1.16 bits per heavy atom. The van der Waals surface area contributed by atoms with E-state index in [4.69, 9.17) is 15.5 Å². The van der Waals surface area contributed by atoms with E-state index >= 15 is 0 Å². The molecule has 2 fully saturated rings. The standard InChI is InChI=1S/C26H28N8O3/c1-14(35)22-23(16-9-17-4-5-18(10-16)33(17)21(36)13-37-2)32-26-19(12-31-34(26)24(22)27)15-3-6-20(30-11-15)25-28-7-8-29-25/h3,6-8,11-12,16-18H,4-5,9-10,13,27H2,1-2H3,(H,28,29)/t16-,17+,18-. The Morgan fingerprint density at radius 3 is 2.57 bits per heavy atom. The van der Waals surface area contributed by atoms with E-state index in [1.807, 2.05) is 17.0 Å². The Morgan fingerprint density at radius 2 is 1.95 bits per heavy atom. The number of amides is 1. The van der Waals surface area contributed by atoms with Gasteiger partial charge >= 0.3 is 0 Å². The zero-order valence-electron chi connectivity index (χ0n) is 20.7. The predicted octanol–water partition coefficient (Wildman–Crippen LogP) is 2.85. The second kappa shape index (κ2) is 9.07. The molecule has 37 heavy (non-hydrogen) atoms. The number of pyridine rings is 1. The molecule has 0 saturated carbocycles. The van der Waals surface area contributed by atoms with Gasteiger partial charge in [0, 0.05) is 54.8 Å². The van der Waals surface area contributed by atoms with Crippen molar-refractivity contribution >= 4 is 23.2 Å². The first-order valence-corrected chi connectivity index (χ1v) is 12.4. The van der Waals surface area contributed by atoms with Crippen molar-refractivity contribution in [2.45, 2.75) is 50.6 Å². The molecule has 0 radical (unpaired) electrons. The molecular weight excluding hydrogens is 472 g/mol. The molecule has 3 N–H and O–H groups in total. The summed E-state index contributed by atoms with van der Waals surface area (Å²) in [6.07, 6.45) is 10.2. The lowest BCUT2D eigenvalue weighted by Crippen LogP contribution is -2.47. The first-order valence-electron chi connectivity index (χ1n) is 12.4. The third-order valence-corrected chi connectivity index (χ3v) is 7.55. The summed E-state index contributed by atoms with van der Waals surface area (Å²) in [5.41, 5.74) is 10.6. The molecule has 6 heterocycles. The highest BCUT2D eigenvalue weighted by atomic mass is 16.5. The van der Waals surface area contributed by atoms with Crippen molar-refractivity contribution in [1.29, 1.82) is 0 Å². The van der Waals surface area contributed by atoms with Gasteiger partial charge in [-0.05, 0) is 38.7 Å². The van der Waals surface area contributed by atoms with Gasteiger partial charge in [0.1, 0.15) is 18.1 Å². The van der Waals surface area contributed by atoms with Crippen LogP contribution in [0.3, 0.4) is 0 Å². The zero-order valence-corrected chi connectivity index (χ0v) is 20.7. The molecule has 4 aromatic rings. The van der Waals surface area contributed by atoms with Gasteiger partial charge in [-0.1, -0.05) is 6.07 Å². The van der Waals surface area contributed by atoms with Crippen LogP contribution >= 0.6 is 0 Å². The number of carbonyl (C=O) groups excluding carboxylic acids is 2. The second-order valence-corrected chi connectivity index (χ2v) is 9.76. The first-order chi connectivity index (χ1) is 18.0. The molecule has 6 rings (SSSR count). The Hall–Kier alpha value is -4.12. The van der Waals surface area contributed by atoms with Gasteiger partial charge in [0.25, 0.3) is 0 Å². The van der Waals surface area contributed by atoms with Gasteiger partial charge in [-0.2, -0.15) is 9.61 Å². The molecule has 2 saturated heterocycles. The number of anilines is 1. The molecular formula is C26H28N8O3. The van der Waals surface area contributed by atoms with Crippen molar-refractivity contribution in [2.75, 3.05) is 19.5 Å². The van der Waals surface area contributed by atoms with Gasteiger partial charge in [0.15, 0.2) is 17.3 Å². The van der Waals surface area contributed by atoms with E-state index in [2.05, 4.69) is 20.1 Å². The van der Waals surface area contributed by atoms with Crippen LogP contribution < -0.4 is 5.73 Å². The van der Waals surface area contributed by atoms with Crippen LogP contribution in [0.4, 0.5) is 5.82 Å². The number of ketones is 1. The number of aromatic amines is 1. The van der Waals surface area contributed by atoms with E-state index < -0.39 is 0 Å². The Balaban J connectivity index is 1.40. The SMILES string of the molecule is COCC(=O)N1[C@@H]2CC[C@H]1C[C@@H](c1nc3c(-c4ccc(-c5ncc[nH]5)nc4)cnn3c(N)c1C(C)=O)C2. The Kier molecular flexibility index (Phi) is 5.71. The maximum atomic E-state index is 12.8. The van der Waals surface area contributed by atoms with Crippen molar-refractivity contribution in [2.24, 2.45) is 0 Å². The highest BCUT2D eigenvalue weighted by Gasteiger charge is 2.44. The summed E-state index contributed by atoms with van der Waals surface area (Å²) in [7, 11) is 1.54. The van der Waals surface area contributed by atoms with E-state index in [1.165, 1.54) is 18.5 Å². The molecule has 3 atom stereocenters. The molecule has 1 amide bonds. The third-order valence-electron chi connectivity index (χ3n) is 7.55. The average molecular weight is 501 g/mol. The van der Waals surface area contributed by atoms with Gasteiger partial charge < -0.3 is 20.4 Å². The number of nitrogens with two attached hydrogens (primary N) is 1. The summed E-state index contributed by atoms with van der Waals surface area (Å²) in [4.78, 5) is 44.3. The maximum absolute atomic E-state index is 12.8. The largest absolute Gasteiger partial charge is 0.383 e. The maximum Gasteiger partial charge on any atom is 0.249 e. The number of ether oxygens (including phenoxy) is 1. The number of nitrogens with one attached hydrogen (secondary N) is 1. The second-order valence-electron chi connectivity index (χ2n) is 9.76. The van der Waals surface area contributed by atoms with Gasteiger partial charge in [0.2, 0.25) is 5.91 Å². The fourth-order valence-corrected chi connectivity index (χ4v) is 6.00. The third kappa shape index (κ3) is 3.86. The van der Waals surface area contributed by atoms with Crippen LogP contribution in [0.25, 0.3) is 28.3 Å². The number of methoxy groups -OCH3 is 1. The van der Waals surface area contributed by atoms with Gasteiger partial charge in [-0.25, -0.2) is 9.97 Å². The fourth-order valence-electron chi connectivity index (χ4n) is 6.00. The number of fused-ring (bicyclic) bond motifs is 3. The van der Waals surface area contributed by atoms with E-state index in [9.17, 15) is 9.59 Å². The minimum atomic E-state index is -0.145. The number of nitrogen functional groups attached to an aromatic ring is 1. The smallest absolute Gasteiger partial charge is 0.249 e. The number of nitrogens with zero attached hydrogens (tertiary/aromatic N) is 6. The van der Waals surface area contributed by atoms with Crippen molar-refractivity contribution in [3.63, 3.8) is 0 Å². The molecule has 0 aliphatic carbocycles. The molecule has 0 aromatic carbocycles. The topological polar surface area (TPSA) is 144 Å². The van der Waals surface area contributed by atoms with Crippen molar-refractivity contribution < 1.29 is 14.3 Å². The Labute approximate surface area is 213 Å². The fraction of sp³-hybridized carbons (Fsp3) is 0.385. The number of hydrogen-bond donors (Lipinski definition) is 2. The number of Topliss-reactive ketones (excluding diaryl/α,β-unsaturated/α-hetero) is 1. The molecule has 2 aliphatic rings. The minimum absolute atomic E-state index is 0.0116. The summed E-state index contributed by atoms with van der Waals surface area (Å²) >= 11 is 0. The predicted molar refractivity (Wildman–Crippen MR) is 136 cm³/mol. The quantitative estimate of drug-likeness (QED) is 0.385. The number of aromatic nitrogens is 6. The molecule has 11 nitrogen and oxygen atoms in total. The van der Waals surface area contributed by atoms with E-state index in [1.54, 1.807) is 24.8 Å². The summed E-state index contributed by atoms with van der Waals surface area (Å²) in [6.45, 7) is 1.59. The number of hydrogen-bond acceptors (Lipinski definition) is 8. The molecule has 0 unspecified atom stereocenters. The van der Waals surface area contributed by atoms with Crippen molar-refractivity contribution in [3.05, 3.63) is 48.2 Å². The van der Waals surface area contributed by atoms with Crippen LogP contribution in [-0.4, -0.2) is 71.9 Å². The lowest BCUT2D eigenvalue weighted by Gasteiger charge is -2.39. The first kappa shape index (κ1) is 23.3. The van der Waals surface area contributed by atoms with Crippen LogP contribution in [0.15, 0.2) is 36.9 Å². The average Bonchev–Trinajstić information content (AvgIpc) is 3.62. The summed E-state index contributed by atoms with van der Waals surface area (Å²) in [5.74, 6) is 0.856. The highest BCUT2D eigenvalue weighted by molar-refractivity contribution is 6.00. The highest BCUT2D eigenvalue weighted by Crippen LogP contribution is 2.44. The van der Waals surface area contributed by atoms with E-state index in [-0.39, 0.29) is 42.1 Å².